The van der Waals surface area contributed by atoms with Crippen LogP contribution >= 0.6 is 0 Å². The first-order valence-electron chi connectivity index (χ1n) is 6.05. The molecular formula is C13H24. The Morgan fingerprint density at radius 3 is 2.00 bits per heavy atom. The largest absolute Gasteiger partial charge is 0.0856 e. The first-order valence-corrected chi connectivity index (χ1v) is 6.05. The molecule has 1 aliphatic carbocycles. The predicted octanol–water partition coefficient (Wildman–Crippen LogP) is 4.85. The van der Waals surface area contributed by atoms with Gasteiger partial charge in [-0.1, -0.05) is 50.2 Å². The van der Waals surface area contributed by atoms with Crippen LogP contribution in [0.5, 0.6) is 0 Å². The Balaban J connectivity index is 2.23. The third-order valence-electron chi connectivity index (χ3n) is 3.02. The lowest BCUT2D eigenvalue weighted by Gasteiger charge is -2.05. The van der Waals surface area contributed by atoms with E-state index in [-0.39, 0.29) is 0 Å². The van der Waals surface area contributed by atoms with Gasteiger partial charge in [0, 0.05) is 0 Å². The Bertz CT molecular complexity index is 144. The van der Waals surface area contributed by atoms with Crippen LogP contribution in [0, 0.1) is 0 Å². The van der Waals surface area contributed by atoms with Crippen molar-refractivity contribution in [3.8, 4) is 0 Å². The van der Waals surface area contributed by atoms with Gasteiger partial charge in [-0.2, -0.15) is 0 Å². The summed E-state index contributed by atoms with van der Waals surface area (Å²) in [6.07, 6.45) is 16.7. The van der Waals surface area contributed by atoms with Gasteiger partial charge in [0.15, 0.2) is 0 Å². The molecule has 0 nitrogen and oxygen atoms in total. The minimum atomic E-state index is 1.33. The Kier molecular flexibility index (Phi) is 5.97. The highest BCUT2D eigenvalue weighted by Crippen LogP contribution is 2.15. The topological polar surface area (TPSA) is 0 Å². The Hall–Kier alpha value is -0.260. The van der Waals surface area contributed by atoms with Gasteiger partial charge in [0.1, 0.15) is 0 Å². The van der Waals surface area contributed by atoms with Gasteiger partial charge < -0.3 is 0 Å². The third-order valence-corrected chi connectivity index (χ3v) is 3.02. The molecule has 0 N–H and O–H groups in total. The Morgan fingerprint density at radius 1 is 0.769 bits per heavy atom. The lowest BCUT2D eigenvalue weighted by molar-refractivity contribution is 0.562. The molecule has 76 valence electrons. The molecule has 0 fully saturated rings. The first kappa shape index (κ1) is 10.8. The minimum Gasteiger partial charge on any atom is -0.0856 e. The molecule has 0 aliphatic heterocycles. The summed E-state index contributed by atoms with van der Waals surface area (Å²) < 4.78 is 0. The molecule has 0 spiro atoms. The summed E-state index contributed by atoms with van der Waals surface area (Å²) in [6.45, 7) is 2.30. The van der Waals surface area contributed by atoms with Crippen LogP contribution in [0.2, 0.25) is 0 Å². The molecule has 0 aromatic carbocycles. The lowest BCUT2D eigenvalue weighted by atomic mass is 10.0. The van der Waals surface area contributed by atoms with Crippen LogP contribution in [0.25, 0.3) is 0 Å². The first-order chi connectivity index (χ1) is 6.39. The van der Waals surface area contributed by atoms with Crippen LogP contribution in [0.15, 0.2) is 11.6 Å². The van der Waals surface area contributed by atoms with E-state index < -0.39 is 0 Å². The van der Waals surface area contributed by atoms with Crippen LogP contribution in [-0.2, 0) is 0 Å². The van der Waals surface area contributed by atoms with E-state index in [1.807, 2.05) is 0 Å². The fourth-order valence-electron chi connectivity index (χ4n) is 2.06. The lowest BCUT2D eigenvalue weighted by Crippen LogP contribution is -1.85. The minimum absolute atomic E-state index is 1.33. The average Bonchev–Trinajstić information content (AvgIpc) is 2.11. The van der Waals surface area contributed by atoms with Gasteiger partial charge in [-0.15, -0.1) is 0 Å². The van der Waals surface area contributed by atoms with Crippen molar-refractivity contribution in [2.45, 2.75) is 71.1 Å². The molecule has 0 bridgehead atoms. The standard InChI is InChI=1S/C13H24/c1-13-11-9-7-5-3-2-4-6-8-10-12-13/h11H,2-10,12H2,1H3. The van der Waals surface area contributed by atoms with E-state index in [4.69, 9.17) is 0 Å². The fourth-order valence-corrected chi connectivity index (χ4v) is 2.06. The van der Waals surface area contributed by atoms with E-state index in [0.29, 0.717) is 0 Å². The molecule has 0 unspecified atom stereocenters. The predicted molar refractivity (Wildman–Crippen MR) is 59.9 cm³/mol. The van der Waals surface area contributed by atoms with E-state index in [9.17, 15) is 0 Å². The highest BCUT2D eigenvalue weighted by atomic mass is 14.0. The Labute approximate surface area is 83.4 Å². The molecule has 0 aromatic heterocycles. The normalized spacial score (nSPS) is 22.7. The summed E-state index contributed by atoms with van der Waals surface area (Å²) in [7, 11) is 0. The van der Waals surface area contributed by atoms with Crippen molar-refractivity contribution < 1.29 is 0 Å². The second-order valence-corrected chi connectivity index (χ2v) is 4.42. The summed E-state index contributed by atoms with van der Waals surface area (Å²) in [5.41, 5.74) is 1.63. The molecule has 0 amide bonds. The van der Waals surface area contributed by atoms with Gasteiger partial charge in [0.25, 0.3) is 0 Å². The molecule has 13 heavy (non-hydrogen) atoms. The number of allylic oxidation sites excluding steroid dienone is 2. The number of rotatable bonds is 0. The van der Waals surface area contributed by atoms with Crippen molar-refractivity contribution in [1.29, 1.82) is 0 Å². The van der Waals surface area contributed by atoms with Crippen molar-refractivity contribution in [2.75, 3.05) is 0 Å². The maximum atomic E-state index is 2.46. The van der Waals surface area contributed by atoms with Gasteiger partial charge in [-0.25, -0.2) is 0 Å². The van der Waals surface area contributed by atoms with Crippen molar-refractivity contribution in [3.63, 3.8) is 0 Å². The number of hydrogen-bond donors (Lipinski definition) is 0. The average molecular weight is 180 g/mol. The molecular weight excluding hydrogens is 156 g/mol. The van der Waals surface area contributed by atoms with E-state index in [0.717, 1.165) is 0 Å². The summed E-state index contributed by atoms with van der Waals surface area (Å²) in [5, 5.41) is 0. The van der Waals surface area contributed by atoms with E-state index in [1.54, 1.807) is 5.57 Å². The van der Waals surface area contributed by atoms with Crippen LogP contribution in [-0.4, -0.2) is 0 Å². The maximum Gasteiger partial charge on any atom is -0.0323 e. The van der Waals surface area contributed by atoms with Crippen molar-refractivity contribution in [3.05, 3.63) is 11.6 Å². The molecule has 1 rings (SSSR count). The quantitative estimate of drug-likeness (QED) is 0.468. The molecule has 0 saturated carbocycles. The molecule has 0 heterocycles. The van der Waals surface area contributed by atoms with Gasteiger partial charge >= 0.3 is 0 Å². The van der Waals surface area contributed by atoms with E-state index in [1.165, 1.54) is 64.2 Å². The molecule has 0 aromatic rings. The zero-order valence-electron chi connectivity index (χ0n) is 9.15. The SMILES string of the molecule is CC1=CCCCCCCCCCC1. The molecule has 1 aliphatic rings. The molecule has 0 saturated heterocycles. The monoisotopic (exact) mass is 180 g/mol. The van der Waals surface area contributed by atoms with Gasteiger partial charge in [0.05, 0.1) is 0 Å². The zero-order chi connectivity index (χ0) is 9.36. The van der Waals surface area contributed by atoms with Crippen molar-refractivity contribution in [1.82, 2.24) is 0 Å². The zero-order valence-corrected chi connectivity index (χ0v) is 9.15. The van der Waals surface area contributed by atoms with Crippen LogP contribution in [0.3, 0.4) is 0 Å². The smallest absolute Gasteiger partial charge is 0.0323 e. The van der Waals surface area contributed by atoms with Crippen LogP contribution in [0.4, 0.5) is 0 Å². The molecule has 0 atom stereocenters. The molecule has 0 heteroatoms. The second-order valence-electron chi connectivity index (χ2n) is 4.42. The third kappa shape index (κ3) is 5.90. The van der Waals surface area contributed by atoms with Gasteiger partial charge in [-0.3, -0.25) is 0 Å². The van der Waals surface area contributed by atoms with Gasteiger partial charge in [-0.05, 0) is 32.6 Å². The Morgan fingerprint density at radius 2 is 1.31 bits per heavy atom. The second kappa shape index (κ2) is 7.17. The summed E-state index contributed by atoms with van der Waals surface area (Å²) >= 11 is 0. The van der Waals surface area contributed by atoms with Gasteiger partial charge in [0.2, 0.25) is 0 Å². The van der Waals surface area contributed by atoms with Crippen molar-refractivity contribution in [2.24, 2.45) is 0 Å². The fraction of sp³-hybridized carbons (Fsp3) is 0.846. The summed E-state index contributed by atoms with van der Waals surface area (Å²) in [4.78, 5) is 0. The highest BCUT2D eigenvalue weighted by molar-refractivity contribution is 4.97. The van der Waals surface area contributed by atoms with Crippen LogP contribution < -0.4 is 0 Å². The molecule has 0 radical (unpaired) electrons. The van der Waals surface area contributed by atoms with Crippen LogP contribution in [0.1, 0.15) is 71.1 Å². The summed E-state index contributed by atoms with van der Waals surface area (Å²) in [5.74, 6) is 0. The summed E-state index contributed by atoms with van der Waals surface area (Å²) in [6, 6.07) is 0. The van der Waals surface area contributed by atoms with E-state index >= 15 is 0 Å². The van der Waals surface area contributed by atoms with Crippen molar-refractivity contribution >= 4 is 0 Å². The number of hydrogen-bond acceptors (Lipinski definition) is 0. The maximum absolute atomic E-state index is 2.46. The van der Waals surface area contributed by atoms with E-state index in [2.05, 4.69) is 13.0 Å². The highest BCUT2D eigenvalue weighted by Gasteiger charge is 1.96.